The van der Waals surface area contributed by atoms with Gasteiger partial charge in [-0.2, -0.15) is 15.0 Å². The van der Waals surface area contributed by atoms with Gasteiger partial charge in [-0.1, -0.05) is 0 Å². The summed E-state index contributed by atoms with van der Waals surface area (Å²) in [7, 11) is 2.16. The van der Waals surface area contributed by atoms with Crippen LogP contribution in [0.15, 0.2) is 30.5 Å². The third kappa shape index (κ3) is 2.36. The van der Waals surface area contributed by atoms with Crippen molar-refractivity contribution < 1.29 is 0 Å². The van der Waals surface area contributed by atoms with Gasteiger partial charge in [0, 0.05) is 37.8 Å². The fourth-order valence-electron chi connectivity index (χ4n) is 2.80. The van der Waals surface area contributed by atoms with Gasteiger partial charge >= 0.3 is 0 Å². The number of aromatic nitrogens is 4. The van der Waals surface area contributed by atoms with E-state index in [4.69, 9.17) is 0 Å². The first kappa shape index (κ1) is 12.7. The maximum Gasteiger partial charge on any atom is 0.122 e. The van der Waals surface area contributed by atoms with Crippen molar-refractivity contribution in [1.29, 1.82) is 0 Å². The second kappa shape index (κ2) is 5.05. The van der Waals surface area contributed by atoms with Crippen LogP contribution in [0.4, 0.5) is 0 Å². The van der Waals surface area contributed by atoms with E-state index in [1.54, 1.807) is 0 Å². The summed E-state index contributed by atoms with van der Waals surface area (Å²) < 4.78 is 0. The van der Waals surface area contributed by atoms with Gasteiger partial charge in [-0.15, -0.1) is 0 Å². The van der Waals surface area contributed by atoms with Crippen LogP contribution in [-0.2, 0) is 6.67 Å². The second-order valence-corrected chi connectivity index (χ2v) is 5.64. The molecule has 1 fully saturated rings. The SMILES string of the molecule is CN1CCN(Cn2nc3ccc4ncccc4c3n2)CC1. The maximum atomic E-state index is 4.66. The smallest absolute Gasteiger partial charge is 0.122 e. The van der Waals surface area contributed by atoms with E-state index in [0.29, 0.717) is 0 Å². The predicted octanol–water partition coefficient (Wildman–Crippen LogP) is 1.18. The van der Waals surface area contributed by atoms with Gasteiger partial charge in [0.25, 0.3) is 0 Å². The summed E-state index contributed by atoms with van der Waals surface area (Å²) in [5.74, 6) is 0. The third-order valence-electron chi connectivity index (χ3n) is 4.10. The van der Waals surface area contributed by atoms with Crippen LogP contribution >= 0.6 is 0 Å². The molecule has 0 N–H and O–H groups in total. The lowest BCUT2D eigenvalue weighted by Crippen LogP contribution is -2.45. The predicted molar refractivity (Wildman–Crippen MR) is 81.9 cm³/mol. The first-order valence-electron chi connectivity index (χ1n) is 7.29. The minimum absolute atomic E-state index is 0.754. The molecule has 4 rings (SSSR count). The van der Waals surface area contributed by atoms with Crippen LogP contribution in [0, 0.1) is 0 Å². The Balaban J connectivity index is 1.66. The number of nitrogens with zero attached hydrogens (tertiary/aromatic N) is 6. The molecule has 3 aromatic rings. The molecule has 108 valence electrons. The molecule has 0 saturated carbocycles. The topological polar surface area (TPSA) is 50.1 Å². The minimum atomic E-state index is 0.754. The van der Waals surface area contributed by atoms with E-state index in [2.05, 4.69) is 38.1 Å². The van der Waals surface area contributed by atoms with Crippen LogP contribution in [0.3, 0.4) is 0 Å². The summed E-state index contributed by atoms with van der Waals surface area (Å²) in [4.78, 5) is 10.9. The van der Waals surface area contributed by atoms with Crippen molar-refractivity contribution in [3.8, 4) is 0 Å². The number of benzene rings is 1. The van der Waals surface area contributed by atoms with Gasteiger partial charge in [-0.05, 0) is 31.3 Å². The van der Waals surface area contributed by atoms with E-state index < -0.39 is 0 Å². The zero-order valence-electron chi connectivity index (χ0n) is 12.1. The molecule has 0 aliphatic carbocycles. The second-order valence-electron chi connectivity index (χ2n) is 5.64. The molecule has 2 aromatic heterocycles. The molecule has 6 heteroatoms. The average molecular weight is 282 g/mol. The molecule has 0 bridgehead atoms. The van der Waals surface area contributed by atoms with Gasteiger partial charge < -0.3 is 4.90 Å². The van der Waals surface area contributed by atoms with Crippen LogP contribution < -0.4 is 0 Å². The molecule has 6 nitrogen and oxygen atoms in total. The maximum absolute atomic E-state index is 4.66. The Morgan fingerprint density at radius 2 is 1.81 bits per heavy atom. The highest BCUT2D eigenvalue weighted by Crippen LogP contribution is 2.20. The Morgan fingerprint density at radius 1 is 1.00 bits per heavy atom. The molecule has 1 aliphatic heterocycles. The molecule has 0 unspecified atom stereocenters. The highest BCUT2D eigenvalue weighted by atomic mass is 15.5. The third-order valence-corrected chi connectivity index (χ3v) is 4.10. The van der Waals surface area contributed by atoms with E-state index in [1.807, 2.05) is 29.2 Å². The highest BCUT2D eigenvalue weighted by molar-refractivity contribution is 6.01. The van der Waals surface area contributed by atoms with Crippen molar-refractivity contribution >= 4 is 21.9 Å². The van der Waals surface area contributed by atoms with Crippen molar-refractivity contribution in [2.75, 3.05) is 33.2 Å². The van der Waals surface area contributed by atoms with Crippen LogP contribution in [0.5, 0.6) is 0 Å². The first-order valence-corrected chi connectivity index (χ1v) is 7.29. The van der Waals surface area contributed by atoms with Crippen LogP contribution in [0.2, 0.25) is 0 Å². The molecular formula is C15H18N6. The Kier molecular flexibility index (Phi) is 3.05. The Morgan fingerprint density at radius 3 is 2.67 bits per heavy atom. The fraction of sp³-hybridized carbons (Fsp3) is 0.400. The number of fused-ring (bicyclic) bond motifs is 3. The van der Waals surface area contributed by atoms with E-state index in [1.165, 1.54) is 0 Å². The number of likely N-dealkylation sites (N-methyl/N-ethyl adjacent to an activating group) is 1. The van der Waals surface area contributed by atoms with Gasteiger partial charge in [0.15, 0.2) is 0 Å². The summed E-state index contributed by atoms with van der Waals surface area (Å²) in [6, 6.07) is 8.01. The van der Waals surface area contributed by atoms with Crippen molar-refractivity contribution in [2.45, 2.75) is 6.67 Å². The van der Waals surface area contributed by atoms with Gasteiger partial charge in [-0.3, -0.25) is 9.88 Å². The molecule has 1 aliphatic rings. The lowest BCUT2D eigenvalue weighted by Gasteiger charge is -2.31. The van der Waals surface area contributed by atoms with Crippen molar-refractivity contribution in [2.24, 2.45) is 0 Å². The molecule has 0 radical (unpaired) electrons. The van der Waals surface area contributed by atoms with E-state index in [9.17, 15) is 0 Å². The molecule has 0 atom stereocenters. The van der Waals surface area contributed by atoms with Crippen LogP contribution in [0.1, 0.15) is 0 Å². The Labute approximate surface area is 123 Å². The van der Waals surface area contributed by atoms with Crippen molar-refractivity contribution in [3.05, 3.63) is 30.5 Å². The summed E-state index contributed by atoms with van der Waals surface area (Å²) in [5.41, 5.74) is 2.84. The molecule has 3 heterocycles. The molecule has 21 heavy (non-hydrogen) atoms. The van der Waals surface area contributed by atoms with E-state index in [-0.39, 0.29) is 0 Å². The number of pyridine rings is 1. The number of hydrogen-bond acceptors (Lipinski definition) is 5. The van der Waals surface area contributed by atoms with E-state index >= 15 is 0 Å². The molecule has 0 amide bonds. The zero-order chi connectivity index (χ0) is 14.2. The van der Waals surface area contributed by atoms with E-state index in [0.717, 1.165) is 54.8 Å². The average Bonchev–Trinajstić information content (AvgIpc) is 2.92. The number of piperazine rings is 1. The molecule has 1 aromatic carbocycles. The monoisotopic (exact) mass is 282 g/mol. The Hall–Kier alpha value is -2.05. The fourth-order valence-corrected chi connectivity index (χ4v) is 2.80. The van der Waals surface area contributed by atoms with Gasteiger partial charge in [0.2, 0.25) is 0 Å². The molecular weight excluding hydrogens is 264 g/mol. The number of hydrogen-bond donors (Lipinski definition) is 0. The Bertz CT molecular complexity index is 772. The number of rotatable bonds is 2. The largest absolute Gasteiger partial charge is 0.304 e. The van der Waals surface area contributed by atoms with Gasteiger partial charge in [0.1, 0.15) is 17.7 Å². The summed E-state index contributed by atoms with van der Waals surface area (Å²) in [5, 5.41) is 10.3. The van der Waals surface area contributed by atoms with Crippen LogP contribution in [-0.4, -0.2) is 63.0 Å². The lowest BCUT2D eigenvalue weighted by atomic mass is 10.2. The highest BCUT2D eigenvalue weighted by Gasteiger charge is 2.15. The lowest BCUT2D eigenvalue weighted by molar-refractivity contribution is 0.114. The first-order chi connectivity index (χ1) is 10.3. The standard InChI is InChI=1S/C15H18N6/c1-19-7-9-20(10-8-19)11-21-17-14-5-4-13-12(15(14)18-21)3-2-6-16-13/h2-6H,7-11H2,1H3. The molecule has 0 spiro atoms. The summed E-state index contributed by atoms with van der Waals surface area (Å²) in [6.45, 7) is 5.10. The van der Waals surface area contributed by atoms with Gasteiger partial charge in [0.05, 0.1) is 5.52 Å². The molecule has 1 saturated heterocycles. The zero-order valence-corrected chi connectivity index (χ0v) is 12.1. The van der Waals surface area contributed by atoms with Crippen LogP contribution in [0.25, 0.3) is 21.9 Å². The quantitative estimate of drug-likeness (QED) is 0.706. The normalized spacial score (nSPS) is 17.8. The van der Waals surface area contributed by atoms with Crippen molar-refractivity contribution in [1.82, 2.24) is 29.8 Å². The minimum Gasteiger partial charge on any atom is -0.304 e. The van der Waals surface area contributed by atoms with Gasteiger partial charge in [-0.25, -0.2) is 0 Å². The van der Waals surface area contributed by atoms with Crippen molar-refractivity contribution in [3.63, 3.8) is 0 Å². The summed E-state index contributed by atoms with van der Waals surface area (Å²) >= 11 is 0. The summed E-state index contributed by atoms with van der Waals surface area (Å²) in [6.07, 6.45) is 1.81.